The highest BCUT2D eigenvalue weighted by molar-refractivity contribution is 7.90. The van der Waals surface area contributed by atoms with Gasteiger partial charge >= 0.3 is 0 Å². The van der Waals surface area contributed by atoms with Crippen molar-refractivity contribution < 1.29 is 13.2 Å². The average Bonchev–Trinajstić information content (AvgIpc) is 2.41. The second-order valence-electron chi connectivity index (χ2n) is 5.12. The van der Waals surface area contributed by atoms with Crippen molar-refractivity contribution in [3.8, 4) is 5.75 Å². The van der Waals surface area contributed by atoms with Crippen LogP contribution in [0.2, 0.25) is 0 Å². The largest absolute Gasteiger partial charge is 0.497 e. The van der Waals surface area contributed by atoms with Gasteiger partial charge in [-0.05, 0) is 43.5 Å². The van der Waals surface area contributed by atoms with Crippen LogP contribution < -0.4 is 10.1 Å². The molecule has 0 aliphatic carbocycles. The van der Waals surface area contributed by atoms with E-state index in [9.17, 15) is 8.42 Å². The molecule has 1 atom stereocenters. The first-order valence-corrected chi connectivity index (χ1v) is 9.04. The van der Waals surface area contributed by atoms with Crippen LogP contribution in [0.3, 0.4) is 0 Å². The molecule has 1 rings (SSSR count). The molecule has 114 valence electrons. The van der Waals surface area contributed by atoms with E-state index in [1.165, 1.54) is 11.8 Å². The van der Waals surface area contributed by atoms with Gasteiger partial charge < -0.3 is 10.1 Å². The van der Waals surface area contributed by atoms with E-state index in [0.29, 0.717) is 6.42 Å². The summed E-state index contributed by atoms with van der Waals surface area (Å²) in [4.78, 5) is 0. The molecule has 0 bridgehead atoms. The lowest BCUT2D eigenvalue weighted by molar-refractivity contribution is 0.414. The molecular weight excluding hydrogens is 274 g/mol. The lowest BCUT2D eigenvalue weighted by atomic mass is 10.0. The summed E-state index contributed by atoms with van der Waals surface area (Å²) >= 11 is 0. The molecule has 1 unspecified atom stereocenters. The van der Waals surface area contributed by atoms with Crippen LogP contribution >= 0.6 is 0 Å². The number of hydrogen-bond donors (Lipinski definition) is 1. The van der Waals surface area contributed by atoms with E-state index >= 15 is 0 Å². The average molecular weight is 299 g/mol. The first kappa shape index (κ1) is 17.0. The van der Waals surface area contributed by atoms with E-state index in [0.717, 1.165) is 25.1 Å². The van der Waals surface area contributed by atoms with E-state index in [1.807, 2.05) is 24.3 Å². The molecule has 5 heteroatoms. The molecule has 0 fully saturated rings. The third-order valence-corrected chi connectivity index (χ3v) is 4.14. The summed E-state index contributed by atoms with van der Waals surface area (Å²) in [6.07, 6.45) is 3.81. The van der Waals surface area contributed by atoms with Crippen LogP contribution in [0.4, 0.5) is 0 Å². The fourth-order valence-corrected chi connectivity index (χ4v) is 2.74. The Morgan fingerprint density at radius 1 is 1.25 bits per heavy atom. The van der Waals surface area contributed by atoms with Gasteiger partial charge in [0, 0.05) is 12.3 Å². The van der Waals surface area contributed by atoms with Gasteiger partial charge in [-0.1, -0.05) is 19.1 Å². The Hall–Kier alpha value is -1.07. The molecule has 20 heavy (non-hydrogen) atoms. The van der Waals surface area contributed by atoms with E-state index in [-0.39, 0.29) is 11.8 Å². The minimum atomic E-state index is -2.91. The van der Waals surface area contributed by atoms with Gasteiger partial charge in [0.25, 0.3) is 0 Å². The monoisotopic (exact) mass is 299 g/mol. The van der Waals surface area contributed by atoms with Crippen molar-refractivity contribution in [2.45, 2.75) is 32.2 Å². The molecule has 0 radical (unpaired) electrons. The van der Waals surface area contributed by atoms with Crippen LogP contribution in [0.15, 0.2) is 24.3 Å². The van der Waals surface area contributed by atoms with Crippen LogP contribution in [0.1, 0.15) is 25.3 Å². The molecule has 1 aromatic rings. The number of ether oxygens (including phenoxy) is 1. The summed E-state index contributed by atoms with van der Waals surface area (Å²) < 4.78 is 27.7. The summed E-state index contributed by atoms with van der Waals surface area (Å²) in [6, 6.07) is 8.11. The van der Waals surface area contributed by atoms with Crippen molar-refractivity contribution in [2.24, 2.45) is 0 Å². The number of nitrogens with one attached hydrogen (secondary N) is 1. The van der Waals surface area contributed by atoms with E-state index < -0.39 is 9.84 Å². The van der Waals surface area contributed by atoms with Gasteiger partial charge in [-0.3, -0.25) is 0 Å². The highest BCUT2D eigenvalue weighted by Gasteiger charge is 2.12. The molecule has 1 aromatic carbocycles. The molecule has 0 aromatic heterocycles. The molecule has 0 saturated heterocycles. The number of hydrogen-bond acceptors (Lipinski definition) is 4. The number of methoxy groups -OCH3 is 1. The second-order valence-corrected chi connectivity index (χ2v) is 7.38. The molecule has 0 amide bonds. The Labute approximate surface area is 122 Å². The lowest BCUT2D eigenvalue weighted by Crippen LogP contribution is -2.33. The Kier molecular flexibility index (Phi) is 7.02. The summed E-state index contributed by atoms with van der Waals surface area (Å²) in [5, 5.41) is 3.42. The molecular formula is C15H25NO3S. The maximum Gasteiger partial charge on any atom is 0.147 e. The predicted octanol–water partition coefficient (Wildman–Crippen LogP) is 2.04. The Morgan fingerprint density at radius 3 is 2.40 bits per heavy atom. The van der Waals surface area contributed by atoms with Crippen LogP contribution in [-0.2, 0) is 16.3 Å². The van der Waals surface area contributed by atoms with Gasteiger partial charge in [0.1, 0.15) is 15.6 Å². The quantitative estimate of drug-likeness (QED) is 0.758. The maximum atomic E-state index is 11.3. The highest BCUT2D eigenvalue weighted by atomic mass is 32.2. The van der Waals surface area contributed by atoms with Crippen molar-refractivity contribution in [3.63, 3.8) is 0 Å². The molecule has 0 saturated carbocycles. The Balaban J connectivity index is 2.62. The van der Waals surface area contributed by atoms with Crippen molar-refractivity contribution in [1.82, 2.24) is 5.32 Å². The third-order valence-electron chi connectivity index (χ3n) is 3.16. The molecule has 0 aliphatic heterocycles. The van der Waals surface area contributed by atoms with Crippen LogP contribution in [0.5, 0.6) is 5.75 Å². The zero-order valence-electron chi connectivity index (χ0n) is 12.6. The highest BCUT2D eigenvalue weighted by Crippen LogP contribution is 2.14. The van der Waals surface area contributed by atoms with Crippen LogP contribution in [-0.4, -0.2) is 40.1 Å². The maximum absolute atomic E-state index is 11.3. The third kappa shape index (κ3) is 6.91. The summed E-state index contributed by atoms with van der Waals surface area (Å²) in [5.74, 6) is 1.06. The fraction of sp³-hybridized carbons (Fsp3) is 0.600. The van der Waals surface area contributed by atoms with E-state index in [4.69, 9.17) is 4.74 Å². The number of benzene rings is 1. The predicted molar refractivity (Wildman–Crippen MR) is 83.1 cm³/mol. The molecule has 4 nitrogen and oxygen atoms in total. The lowest BCUT2D eigenvalue weighted by Gasteiger charge is -2.18. The van der Waals surface area contributed by atoms with Crippen molar-refractivity contribution >= 4 is 9.84 Å². The van der Waals surface area contributed by atoms with Gasteiger partial charge in [0.05, 0.1) is 12.9 Å². The van der Waals surface area contributed by atoms with Crippen molar-refractivity contribution in [1.29, 1.82) is 0 Å². The Bertz CT molecular complexity index is 482. The summed E-state index contributed by atoms with van der Waals surface area (Å²) in [5.41, 5.74) is 1.19. The molecule has 0 heterocycles. The smallest absolute Gasteiger partial charge is 0.147 e. The normalized spacial score (nSPS) is 13.2. The fourth-order valence-electron chi connectivity index (χ4n) is 2.03. The standard InChI is InChI=1S/C15H25NO3S/c1-4-10-16-14(9-11-20(3,17)18)12-13-5-7-15(19-2)8-6-13/h5-8,14,16H,4,9-12H2,1-3H3. The minimum absolute atomic E-state index is 0.193. The second kappa shape index (κ2) is 8.27. The number of rotatable bonds is 9. The van der Waals surface area contributed by atoms with Crippen LogP contribution in [0.25, 0.3) is 0 Å². The van der Waals surface area contributed by atoms with Gasteiger partial charge in [-0.2, -0.15) is 0 Å². The Morgan fingerprint density at radius 2 is 1.90 bits per heavy atom. The van der Waals surface area contributed by atoms with Gasteiger partial charge in [0.2, 0.25) is 0 Å². The zero-order valence-corrected chi connectivity index (χ0v) is 13.4. The van der Waals surface area contributed by atoms with E-state index in [2.05, 4.69) is 12.2 Å². The van der Waals surface area contributed by atoms with Gasteiger partial charge in [-0.25, -0.2) is 8.42 Å². The summed E-state index contributed by atoms with van der Waals surface area (Å²) in [6.45, 7) is 3.01. The first-order chi connectivity index (χ1) is 9.44. The summed E-state index contributed by atoms with van der Waals surface area (Å²) in [7, 11) is -1.26. The topological polar surface area (TPSA) is 55.4 Å². The zero-order chi connectivity index (χ0) is 15.0. The van der Waals surface area contributed by atoms with Crippen LogP contribution in [0, 0.1) is 0 Å². The van der Waals surface area contributed by atoms with Gasteiger partial charge in [0.15, 0.2) is 0 Å². The van der Waals surface area contributed by atoms with Crippen molar-refractivity contribution in [3.05, 3.63) is 29.8 Å². The SMILES string of the molecule is CCCNC(CCS(C)(=O)=O)Cc1ccc(OC)cc1. The van der Waals surface area contributed by atoms with Crippen molar-refractivity contribution in [2.75, 3.05) is 25.7 Å². The van der Waals surface area contributed by atoms with Gasteiger partial charge in [-0.15, -0.1) is 0 Å². The number of sulfone groups is 1. The first-order valence-electron chi connectivity index (χ1n) is 6.98. The van der Waals surface area contributed by atoms with E-state index in [1.54, 1.807) is 7.11 Å². The minimum Gasteiger partial charge on any atom is -0.497 e. The molecule has 0 spiro atoms. The molecule has 1 N–H and O–H groups in total. The molecule has 0 aliphatic rings.